The number of nitrogens with zero attached hydrogens (tertiary/aromatic N) is 3. The van der Waals surface area contributed by atoms with Gasteiger partial charge in [-0.1, -0.05) is 37.5 Å². The molecule has 2 amide bonds. The lowest BCUT2D eigenvalue weighted by Crippen LogP contribution is -2.51. The molecule has 1 saturated heterocycles. The first-order valence-electron chi connectivity index (χ1n) is 10.6. The second-order valence-electron chi connectivity index (χ2n) is 8.18. The minimum Gasteiger partial charge on any atom is -0.340 e. The van der Waals surface area contributed by atoms with Crippen molar-refractivity contribution in [3.63, 3.8) is 0 Å². The molecule has 146 valence electrons. The maximum Gasteiger partial charge on any atom is 0.228 e. The quantitative estimate of drug-likeness (QED) is 0.820. The van der Waals surface area contributed by atoms with E-state index in [9.17, 15) is 9.59 Å². The van der Waals surface area contributed by atoms with Gasteiger partial charge in [0.05, 0.1) is 0 Å². The zero-order valence-corrected chi connectivity index (χ0v) is 16.2. The Kier molecular flexibility index (Phi) is 5.77. The van der Waals surface area contributed by atoms with E-state index in [0.717, 1.165) is 64.2 Å². The molecule has 1 aromatic carbocycles. The lowest BCUT2D eigenvalue weighted by molar-refractivity contribution is -0.138. The summed E-state index contributed by atoms with van der Waals surface area (Å²) in [4.78, 5) is 31.7. The molecule has 5 heteroatoms. The van der Waals surface area contributed by atoms with Crippen molar-refractivity contribution in [1.82, 2.24) is 9.80 Å². The molecule has 1 aliphatic carbocycles. The van der Waals surface area contributed by atoms with Crippen molar-refractivity contribution < 1.29 is 9.59 Å². The van der Waals surface area contributed by atoms with Crippen LogP contribution in [0.1, 0.15) is 44.1 Å². The molecular weight excluding hydrogens is 338 g/mol. The molecule has 0 atom stereocenters. The molecule has 27 heavy (non-hydrogen) atoms. The van der Waals surface area contributed by atoms with E-state index in [0.29, 0.717) is 12.3 Å². The van der Waals surface area contributed by atoms with E-state index in [1.54, 1.807) is 0 Å². The van der Waals surface area contributed by atoms with Crippen LogP contribution in [0.25, 0.3) is 0 Å². The fraction of sp³-hybridized carbons (Fsp3) is 0.636. The van der Waals surface area contributed by atoms with Gasteiger partial charge in [-0.3, -0.25) is 14.5 Å². The number of fused-ring (bicyclic) bond motifs is 1. The fourth-order valence-corrected chi connectivity index (χ4v) is 4.79. The molecule has 0 bridgehead atoms. The van der Waals surface area contributed by atoms with Crippen LogP contribution in [0.3, 0.4) is 0 Å². The Morgan fingerprint density at radius 3 is 2.44 bits per heavy atom. The third-order valence-electron chi connectivity index (χ3n) is 6.47. The lowest BCUT2D eigenvalue weighted by atomic mass is 9.88. The van der Waals surface area contributed by atoms with Crippen molar-refractivity contribution >= 4 is 17.5 Å². The van der Waals surface area contributed by atoms with Crippen molar-refractivity contribution in [2.24, 2.45) is 5.92 Å². The van der Waals surface area contributed by atoms with E-state index in [4.69, 9.17) is 0 Å². The summed E-state index contributed by atoms with van der Waals surface area (Å²) < 4.78 is 0. The van der Waals surface area contributed by atoms with Crippen LogP contribution >= 0.6 is 0 Å². The van der Waals surface area contributed by atoms with E-state index >= 15 is 0 Å². The maximum absolute atomic E-state index is 12.7. The number of rotatable bonds is 4. The Balaban J connectivity index is 1.22. The predicted molar refractivity (Wildman–Crippen MR) is 107 cm³/mol. The highest BCUT2D eigenvalue weighted by Gasteiger charge is 2.29. The van der Waals surface area contributed by atoms with Crippen molar-refractivity contribution in [1.29, 1.82) is 0 Å². The van der Waals surface area contributed by atoms with Gasteiger partial charge in [-0.2, -0.15) is 0 Å². The van der Waals surface area contributed by atoms with E-state index in [1.807, 2.05) is 17.0 Å². The monoisotopic (exact) mass is 369 g/mol. The van der Waals surface area contributed by atoms with Crippen molar-refractivity contribution in [2.45, 2.75) is 44.9 Å². The molecule has 0 aromatic heterocycles. The highest BCUT2D eigenvalue weighted by Crippen LogP contribution is 2.28. The van der Waals surface area contributed by atoms with Gasteiger partial charge in [-0.05, 0) is 30.9 Å². The number of hydrogen-bond acceptors (Lipinski definition) is 3. The average molecular weight is 370 g/mol. The van der Waals surface area contributed by atoms with Crippen LogP contribution in [0.2, 0.25) is 0 Å². The number of carbonyl (C=O) groups excluding carboxylic acids is 2. The molecule has 5 nitrogen and oxygen atoms in total. The molecule has 0 radical (unpaired) electrons. The van der Waals surface area contributed by atoms with Gasteiger partial charge >= 0.3 is 0 Å². The second kappa shape index (κ2) is 8.42. The SMILES string of the molecule is O=C(C1CCCCC1)N1CCN(CCC(=O)N2CCc3ccccc32)CC1. The van der Waals surface area contributed by atoms with Crippen LogP contribution in [0, 0.1) is 5.92 Å². The molecule has 0 spiro atoms. The van der Waals surface area contributed by atoms with E-state index in [-0.39, 0.29) is 11.8 Å². The number of carbonyl (C=O) groups is 2. The summed E-state index contributed by atoms with van der Waals surface area (Å²) in [7, 11) is 0. The van der Waals surface area contributed by atoms with Gasteiger partial charge in [-0.15, -0.1) is 0 Å². The van der Waals surface area contributed by atoms with Crippen LogP contribution in [0.4, 0.5) is 5.69 Å². The van der Waals surface area contributed by atoms with Crippen LogP contribution in [0.15, 0.2) is 24.3 Å². The van der Waals surface area contributed by atoms with Gasteiger partial charge in [0, 0.05) is 57.3 Å². The van der Waals surface area contributed by atoms with Crippen molar-refractivity contribution in [2.75, 3.05) is 44.2 Å². The number of para-hydroxylation sites is 1. The molecular formula is C22H31N3O2. The summed E-state index contributed by atoms with van der Waals surface area (Å²) >= 11 is 0. The van der Waals surface area contributed by atoms with Gasteiger partial charge in [0.2, 0.25) is 11.8 Å². The Morgan fingerprint density at radius 1 is 0.926 bits per heavy atom. The van der Waals surface area contributed by atoms with Gasteiger partial charge in [0.25, 0.3) is 0 Å². The fourth-order valence-electron chi connectivity index (χ4n) is 4.79. The van der Waals surface area contributed by atoms with Crippen LogP contribution in [0.5, 0.6) is 0 Å². The Hall–Kier alpha value is -1.88. The largest absolute Gasteiger partial charge is 0.340 e. The first kappa shape index (κ1) is 18.5. The molecule has 3 aliphatic rings. The normalized spacial score (nSPS) is 21.3. The molecule has 4 rings (SSSR count). The third kappa shape index (κ3) is 4.18. The summed E-state index contributed by atoms with van der Waals surface area (Å²) in [5.41, 5.74) is 2.37. The average Bonchev–Trinajstić information content (AvgIpc) is 3.17. The number of piperazine rings is 1. The summed E-state index contributed by atoms with van der Waals surface area (Å²) in [6.45, 7) is 5.02. The minimum atomic E-state index is 0.223. The zero-order valence-electron chi connectivity index (χ0n) is 16.2. The number of hydrogen-bond donors (Lipinski definition) is 0. The van der Waals surface area contributed by atoms with Crippen LogP contribution < -0.4 is 4.90 Å². The van der Waals surface area contributed by atoms with E-state index in [2.05, 4.69) is 21.9 Å². The first-order chi connectivity index (χ1) is 13.2. The summed E-state index contributed by atoms with van der Waals surface area (Å²) in [6.07, 6.45) is 7.37. The Labute approximate surface area is 162 Å². The van der Waals surface area contributed by atoms with Gasteiger partial charge in [0.1, 0.15) is 0 Å². The summed E-state index contributed by atoms with van der Waals surface area (Å²) in [5, 5.41) is 0. The smallest absolute Gasteiger partial charge is 0.228 e. The highest BCUT2D eigenvalue weighted by atomic mass is 16.2. The Bertz CT molecular complexity index is 676. The highest BCUT2D eigenvalue weighted by molar-refractivity contribution is 5.95. The number of amides is 2. The zero-order chi connectivity index (χ0) is 18.6. The number of anilines is 1. The number of benzene rings is 1. The van der Waals surface area contributed by atoms with Crippen molar-refractivity contribution in [3.05, 3.63) is 29.8 Å². The standard InChI is InChI=1S/C22H31N3O2/c26-21(25-13-10-18-6-4-5-9-20(18)25)11-12-23-14-16-24(17-15-23)22(27)19-7-2-1-3-8-19/h4-6,9,19H,1-3,7-8,10-17H2. The lowest BCUT2D eigenvalue weighted by Gasteiger charge is -2.37. The van der Waals surface area contributed by atoms with Gasteiger partial charge in [0.15, 0.2) is 0 Å². The van der Waals surface area contributed by atoms with Crippen molar-refractivity contribution in [3.8, 4) is 0 Å². The topological polar surface area (TPSA) is 43.9 Å². The summed E-state index contributed by atoms with van der Waals surface area (Å²) in [5.74, 6) is 0.863. The van der Waals surface area contributed by atoms with Gasteiger partial charge < -0.3 is 9.80 Å². The van der Waals surface area contributed by atoms with Crippen LogP contribution in [-0.2, 0) is 16.0 Å². The van der Waals surface area contributed by atoms with E-state index in [1.165, 1.54) is 24.8 Å². The van der Waals surface area contributed by atoms with Crippen LogP contribution in [-0.4, -0.2) is 60.9 Å². The molecule has 0 N–H and O–H groups in total. The third-order valence-corrected chi connectivity index (χ3v) is 6.47. The molecule has 2 fully saturated rings. The Morgan fingerprint density at radius 2 is 1.67 bits per heavy atom. The first-order valence-corrected chi connectivity index (χ1v) is 10.6. The predicted octanol–water partition coefficient (Wildman–Crippen LogP) is 2.69. The molecule has 0 unspecified atom stereocenters. The van der Waals surface area contributed by atoms with E-state index < -0.39 is 0 Å². The van der Waals surface area contributed by atoms with Gasteiger partial charge in [-0.25, -0.2) is 0 Å². The molecule has 1 saturated carbocycles. The minimum absolute atomic E-state index is 0.223. The summed E-state index contributed by atoms with van der Waals surface area (Å²) in [6, 6.07) is 8.22. The molecule has 1 aromatic rings. The maximum atomic E-state index is 12.7. The molecule has 2 heterocycles. The molecule has 2 aliphatic heterocycles. The second-order valence-corrected chi connectivity index (χ2v) is 8.18.